The normalized spacial score (nSPS) is 8.78. The Morgan fingerprint density at radius 1 is 1.11 bits per heavy atom. The van der Waals surface area contributed by atoms with Crippen LogP contribution in [0.2, 0.25) is 0 Å². The van der Waals surface area contributed by atoms with Crippen molar-refractivity contribution in [2.75, 3.05) is 0 Å². The third-order valence-electron chi connectivity index (χ3n) is 1.02. The van der Waals surface area contributed by atoms with E-state index in [1.54, 1.807) is 11.8 Å². The van der Waals surface area contributed by atoms with Crippen LogP contribution < -0.4 is 0 Å². The SMILES string of the molecule is [B]=C(C)SC(C)=C(C)C. The second-order valence-electron chi connectivity index (χ2n) is 2.27. The average molecular weight is 139 g/mol. The summed E-state index contributed by atoms with van der Waals surface area (Å²) in [7, 11) is 5.48. The summed E-state index contributed by atoms with van der Waals surface area (Å²) in [5.74, 6) is 0. The van der Waals surface area contributed by atoms with Gasteiger partial charge in [-0.3, -0.25) is 0 Å². The van der Waals surface area contributed by atoms with Crippen LogP contribution in [0.1, 0.15) is 27.7 Å². The molecule has 0 atom stereocenters. The summed E-state index contributed by atoms with van der Waals surface area (Å²) in [6.45, 7) is 8.17. The molecular formula is C7H12BS. The predicted molar refractivity (Wildman–Crippen MR) is 48.1 cm³/mol. The maximum atomic E-state index is 5.48. The van der Waals surface area contributed by atoms with Gasteiger partial charge in [0, 0.05) is 0 Å². The van der Waals surface area contributed by atoms with Crippen LogP contribution >= 0.6 is 11.8 Å². The van der Waals surface area contributed by atoms with Gasteiger partial charge in [-0.15, -0.1) is 0 Å². The number of allylic oxidation sites excluding steroid dienone is 2. The summed E-state index contributed by atoms with van der Waals surface area (Å²) in [5.41, 5.74) is 1.34. The molecule has 0 aliphatic carbocycles. The molecule has 0 aromatic carbocycles. The average Bonchev–Trinajstić information content (AvgIpc) is 1.63. The molecule has 0 aliphatic heterocycles. The third kappa shape index (κ3) is 4.52. The molecule has 1 radical (unpaired) electrons. The topological polar surface area (TPSA) is 0 Å². The second kappa shape index (κ2) is 3.94. The molecule has 0 fully saturated rings. The van der Waals surface area contributed by atoms with Gasteiger partial charge in [-0.1, -0.05) is 0 Å². The monoisotopic (exact) mass is 139 g/mol. The van der Waals surface area contributed by atoms with Gasteiger partial charge >= 0.3 is 62.2 Å². The fourth-order valence-corrected chi connectivity index (χ4v) is 1.03. The molecule has 0 aromatic heterocycles. The summed E-state index contributed by atoms with van der Waals surface area (Å²) < 4.78 is 0. The Morgan fingerprint density at radius 3 is 1.67 bits per heavy atom. The van der Waals surface area contributed by atoms with E-state index in [9.17, 15) is 0 Å². The van der Waals surface area contributed by atoms with Crippen molar-refractivity contribution >= 4 is 24.0 Å². The van der Waals surface area contributed by atoms with Gasteiger partial charge in [-0.05, 0) is 0 Å². The van der Waals surface area contributed by atoms with E-state index in [2.05, 4.69) is 20.8 Å². The van der Waals surface area contributed by atoms with Crippen LogP contribution in [0.25, 0.3) is 0 Å². The van der Waals surface area contributed by atoms with Gasteiger partial charge in [-0.2, -0.15) is 0 Å². The Morgan fingerprint density at radius 2 is 1.56 bits per heavy atom. The van der Waals surface area contributed by atoms with Crippen LogP contribution in [0.4, 0.5) is 0 Å². The fraction of sp³-hybridized carbons (Fsp3) is 0.571. The maximum absolute atomic E-state index is 5.48. The number of thioether (sulfide) groups is 1. The Bertz CT molecular complexity index is 143. The molecule has 0 bridgehead atoms. The standard InChI is InChI=1S/C7H12BS/c1-5(2)6(3)9-7(4)8/h1-4H3. The quantitative estimate of drug-likeness (QED) is 0.529. The van der Waals surface area contributed by atoms with Crippen LogP contribution in [0, 0.1) is 0 Å². The third-order valence-corrected chi connectivity index (χ3v) is 2.05. The molecule has 9 heavy (non-hydrogen) atoms. The summed E-state index contributed by atoms with van der Waals surface area (Å²) in [6.07, 6.45) is 0. The van der Waals surface area contributed by atoms with Gasteiger partial charge in [0.25, 0.3) is 0 Å². The zero-order valence-corrected chi connectivity index (χ0v) is 7.30. The number of hydrogen-bond donors (Lipinski definition) is 0. The van der Waals surface area contributed by atoms with Crippen LogP contribution in [0.15, 0.2) is 10.5 Å². The second-order valence-corrected chi connectivity index (χ2v) is 3.73. The van der Waals surface area contributed by atoms with E-state index in [0.29, 0.717) is 0 Å². The van der Waals surface area contributed by atoms with E-state index >= 15 is 0 Å². The Labute approximate surface area is 62.8 Å². The molecule has 49 valence electrons. The van der Waals surface area contributed by atoms with Gasteiger partial charge in [0.2, 0.25) is 0 Å². The molecule has 0 aromatic rings. The van der Waals surface area contributed by atoms with Gasteiger partial charge in [0.05, 0.1) is 0 Å². The predicted octanol–water partition coefficient (Wildman–Crippen LogP) is 2.35. The first-order valence-electron chi connectivity index (χ1n) is 2.95. The number of rotatable bonds is 2. The molecule has 2 heteroatoms. The van der Waals surface area contributed by atoms with Crippen LogP contribution in [0.5, 0.6) is 0 Å². The Hall–Kier alpha value is 0.0249. The first-order valence-corrected chi connectivity index (χ1v) is 3.76. The minimum atomic E-state index is 0.911. The van der Waals surface area contributed by atoms with Gasteiger partial charge < -0.3 is 0 Å². The van der Waals surface area contributed by atoms with E-state index in [4.69, 9.17) is 7.49 Å². The van der Waals surface area contributed by atoms with E-state index in [1.807, 2.05) is 6.92 Å². The van der Waals surface area contributed by atoms with Crippen molar-refractivity contribution in [1.82, 2.24) is 0 Å². The molecule has 0 rings (SSSR count). The van der Waals surface area contributed by atoms with E-state index < -0.39 is 0 Å². The van der Waals surface area contributed by atoms with Crippen molar-refractivity contribution in [3.8, 4) is 0 Å². The molecule has 0 nitrogen and oxygen atoms in total. The van der Waals surface area contributed by atoms with Gasteiger partial charge in [0.1, 0.15) is 0 Å². The van der Waals surface area contributed by atoms with Gasteiger partial charge in [0.15, 0.2) is 0 Å². The van der Waals surface area contributed by atoms with Crippen LogP contribution in [-0.2, 0) is 0 Å². The Kier molecular flexibility index (Phi) is 3.95. The van der Waals surface area contributed by atoms with Crippen LogP contribution in [-0.4, -0.2) is 12.3 Å². The van der Waals surface area contributed by atoms with Gasteiger partial charge in [-0.25, -0.2) is 0 Å². The van der Waals surface area contributed by atoms with Crippen LogP contribution in [0.3, 0.4) is 0 Å². The van der Waals surface area contributed by atoms with Crippen molar-refractivity contribution in [2.24, 2.45) is 0 Å². The van der Waals surface area contributed by atoms with Crippen molar-refractivity contribution in [3.63, 3.8) is 0 Å². The molecule has 0 N–H and O–H groups in total. The van der Waals surface area contributed by atoms with Crippen molar-refractivity contribution in [3.05, 3.63) is 10.5 Å². The number of hydrogen-bond acceptors (Lipinski definition) is 1. The summed E-state index contributed by atoms with van der Waals surface area (Å²) in [4.78, 5) is 2.21. The Balaban J connectivity index is 3.92. The van der Waals surface area contributed by atoms with Crippen molar-refractivity contribution < 1.29 is 0 Å². The van der Waals surface area contributed by atoms with Crippen molar-refractivity contribution in [1.29, 1.82) is 0 Å². The molecule has 0 heterocycles. The molecule has 0 spiro atoms. The molecule has 0 unspecified atom stereocenters. The summed E-state index contributed by atoms with van der Waals surface area (Å²) in [5, 5.41) is 0. The first kappa shape index (κ1) is 9.02. The van der Waals surface area contributed by atoms with E-state index in [-0.39, 0.29) is 0 Å². The fourth-order valence-electron chi connectivity index (χ4n) is 0.344. The zero-order valence-electron chi connectivity index (χ0n) is 6.49. The van der Waals surface area contributed by atoms with Crippen molar-refractivity contribution in [2.45, 2.75) is 27.7 Å². The first-order chi connectivity index (χ1) is 4.04. The molecular weight excluding hydrogens is 127 g/mol. The molecule has 0 saturated carbocycles. The minimum absolute atomic E-state index is 0.911. The summed E-state index contributed by atoms with van der Waals surface area (Å²) in [6, 6.07) is 0. The molecule has 0 amide bonds. The molecule has 0 saturated heterocycles. The summed E-state index contributed by atoms with van der Waals surface area (Å²) >= 11 is 1.64. The zero-order chi connectivity index (χ0) is 7.44. The van der Waals surface area contributed by atoms with E-state index in [1.165, 1.54) is 10.5 Å². The molecule has 0 aliphatic rings. The van der Waals surface area contributed by atoms with E-state index in [0.717, 1.165) is 4.80 Å².